The van der Waals surface area contributed by atoms with Crippen molar-refractivity contribution in [1.82, 2.24) is 30.2 Å². The van der Waals surface area contributed by atoms with Crippen molar-refractivity contribution in [3.63, 3.8) is 0 Å². The highest BCUT2D eigenvalue weighted by Crippen LogP contribution is 2.48. The Hall–Kier alpha value is -4.68. The van der Waals surface area contributed by atoms with Gasteiger partial charge in [0.1, 0.15) is 35.2 Å². The van der Waals surface area contributed by atoms with Crippen LogP contribution in [-0.2, 0) is 29.1 Å². The Morgan fingerprint density at radius 2 is 1.69 bits per heavy atom. The summed E-state index contributed by atoms with van der Waals surface area (Å²) in [7, 11) is -2.58. The minimum Gasteiger partial charge on any atom is -0.497 e. The number of ether oxygens (including phenoxy) is 3. The topological polar surface area (TPSA) is 195 Å². The van der Waals surface area contributed by atoms with Crippen molar-refractivity contribution >= 4 is 44.9 Å². The molecule has 1 aromatic heterocycles. The summed E-state index contributed by atoms with van der Waals surface area (Å²) in [5.41, 5.74) is -3.02. The summed E-state index contributed by atoms with van der Waals surface area (Å²) in [5, 5.41) is 5.19. The largest absolute Gasteiger partial charge is 0.497 e. The van der Waals surface area contributed by atoms with E-state index in [1.165, 1.54) is 18.9 Å². The number of sulfonamides is 1. The molecular weight excluding hydrogens is 858 g/mol. The molecule has 0 radical (unpaired) electrons. The monoisotopic (exact) mass is 931 g/mol. The van der Waals surface area contributed by atoms with Gasteiger partial charge in [-0.1, -0.05) is 67.5 Å². The number of halogens is 3. The molecule has 1 aromatic carbocycles. The Kier molecular flexibility index (Phi) is 16.4. The lowest BCUT2D eigenvalue weighted by atomic mass is 9.88. The van der Waals surface area contributed by atoms with Gasteiger partial charge in [0, 0.05) is 28.6 Å². The predicted octanol–water partition coefficient (Wildman–Crippen LogP) is 8.22. The first-order valence-corrected chi connectivity index (χ1v) is 23.8. The molecule has 3 heterocycles. The second-order valence-electron chi connectivity index (χ2n) is 17.9. The fourth-order valence-corrected chi connectivity index (χ4v) is 9.13. The molecule has 15 nitrogen and oxygen atoms in total. The lowest BCUT2D eigenvalue weighted by Crippen LogP contribution is -2.59. The maximum atomic E-state index is 14.8. The average molecular weight is 931 g/mol. The third-order valence-corrected chi connectivity index (χ3v) is 14.4. The number of allylic oxidation sites excluding steroid dienone is 1. The average Bonchev–Trinajstić information content (AvgIpc) is 4.11. The number of alkyl carbamates (subject to hydrolysis) is 1. The normalized spacial score (nSPS) is 27.3. The number of hydrogen-bond acceptors (Lipinski definition) is 11. The van der Waals surface area contributed by atoms with Gasteiger partial charge >= 0.3 is 12.3 Å². The summed E-state index contributed by atoms with van der Waals surface area (Å²) in [6, 6.07) is 2.39. The van der Waals surface area contributed by atoms with Gasteiger partial charge in [0.15, 0.2) is 0 Å². The van der Waals surface area contributed by atoms with Gasteiger partial charge in [0.05, 0.1) is 29.4 Å². The van der Waals surface area contributed by atoms with E-state index in [1.54, 1.807) is 31.2 Å². The molecule has 0 unspecified atom stereocenters. The molecule has 1 saturated heterocycles. The zero-order valence-electron chi connectivity index (χ0n) is 39.1. The van der Waals surface area contributed by atoms with Gasteiger partial charge in [-0.05, 0) is 83.3 Å². The number of fused-ring (bicyclic) bond motifs is 3. The van der Waals surface area contributed by atoms with Crippen LogP contribution < -0.4 is 24.8 Å². The molecule has 2 saturated carbocycles. The molecular formula is C45H73F3N6O9S. The first-order chi connectivity index (χ1) is 29.9. The second-order valence-corrected chi connectivity index (χ2v) is 20.1. The third kappa shape index (κ3) is 11.4. The van der Waals surface area contributed by atoms with E-state index in [4.69, 9.17) is 24.2 Å². The molecule has 7 atom stereocenters. The summed E-state index contributed by atoms with van der Waals surface area (Å²) in [5.74, 6) is -3.23. The Morgan fingerprint density at radius 1 is 1.03 bits per heavy atom. The summed E-state index contributed by atoms with van der Waals surface area (Å²) in [4.78, 5) is 67.3. The van der Waals surface area contributed by atoms with Crippen LogP contribution in [0.2, 0.25) is 0 Å². The Morgan fingerprint density at radius 3 is 2.28 bits per heavy atom. The van der Waals surface area contributed by atoms with Crippen molar-refractivity contribution in [3.05, 3.63) is 36.0 Å². The van der Waals surface area contributed by atoms with E-state index in [1.807, 2.05) is 54.5 Å². The number of carbonyl (C=O) groups is 4. The fraction of sp³-hybridized carbons (Fsp3) is 0.689. The molecule has 2 aliphatic carbocycles. The Bertz CT molecular complexity index is 2180. The first-order valence-electron chi connectivity index (χ1n) is 22.3. The Labute approximate surface area is 379 Å². The summed E-state index contributed by atoms with van der Waals surface area (Å²) in [6.45, 7) is 18.1. The maximum absolute atomic E-state index is 14.8. The third-order valence-electron chi connectivity index (χ3n) is 12.2. The number of nitrogens with one attached hydrogen (secondary N) is 3. The van der Waals surface area contributed by atoms with E-state index in [2.05, 4.69) is 15.4 Å². The number of alkyl halides is 3. The van der Waals surface area contributed by atoms with Crippen LogP contribution in [0.1, 0.15) is 137 Å². The van der Waals surface area contributed by atoms with Crippen LogP contribution >= 0.6 is 0 Å². The number of amides is 4. The van der Waals surface area contributed by atoms with Gasteiger partial charge in [-0.3, -0.25) is 19.1 Å². The van der Waals surface area contributed by atoms with E-state index in [-0.39, 0.29) is 41.4 Å². The van der Waals surface area contributed by atoms with Crippen LogP contribution in [0.5, 0.6) is 11.6 Å². The molecule has 19 heteroatoms. The van der Waals surface area contributed by atoms with Crippen molar-refractivity contribution in [3.8, 4) is 11.6 Å². The quantitative estimate of drug-likeness (QED) is 0.205. The molecule has 364 valence electrons. The zero-order valence-corrected chi connectivity index (χ0v) is 40.0. The van der Waals surface area contributed by atoms with Crippen LogP contribution in [-0.4, -0.2) is 101 Å². The van der Waals surface area contributed by atoms with E-state index in [9.17, 15) is 40.8 Å². The van der Waals surface area contributed by atoms with Gasteiger partial charge in [-0.25, -0.2) is 23.2 Å². The summed E-state index contributed by atoms with van der Waals surface area (Å²) >= 11 is 0. The number of hydrogen-bond donors (Lipinski definition) is 3. The molecule has 2 aliphatic heterocycles. The van der Waals surface area contributed by atoms with Crippen LogP contribution in [0.15, 0.2) is 30.4 Å². The van der Waals surface area contributed by atoms with E-state index < -0.39 is 85.9 Å². The maximum Gasteiger partial charge on any atom is 0.427 e. The standard InChI is InChI=1S/C41H55F3N6O9S.2C2H6.3H2/c1-22(2)31-34(46-29-18-26(57-8)13-14-28(29)45-31)58-27-19-30-33(51)48-40(36(53)49-60(55,56)39(7)15-16-39)20-25(40)12-10-9-11-23(3)17-24(4)32(35(52)50(30)21-27)47-37(54)59-38(5,6)41(42,43)44;2*1-2;;;/h10,12-14,18,22-25,27,30,32H,9,11,15-17,19-21H2,1-8H3,(H,47,54)(H,48,51)(H,49,53);2*1-2H3;3*1H/b12-10-;;;;;/t23-,24-,25-,27-,30+,32+,40-;;;;;/m1...../s1. The number of aromatic nitrogens is 2. The van der Waals surface area contributed by atoms with Gasteiger partial charge in [-0.2, -0.15) is 13.2 Å². The minimum atomic E-state index is -4.92. The van der Waals surface area contributed by atoms with Crippen molar-refractivity contribution < 1.29 is 59.3 Å². The number of nitrogens with zero attached hydrogens (tertiary/aromatic N) is 3. The lowest BCUT2D eigenvalue weighted by molar-refractivity contribution is -0.244. The molecule has 4 amide bonds. The molecule has 6 rings (SSSR count). The highest BCUT2D eigenvalue weighted by Gasteiger charge is 2.63. The van der Waals surface area contributed by atoms with Crippen LogP contribution in [0.3, 0.4) is 0 Å². The van der Waals surface area contributed by atoms with Gasteiger partial charge in [-0.15, -0.1) is 0 Å². The molecule has 4 aliphatic rings. The van der Waals surface area contributed by atoms with Crippen LogP contribution in [0.25, 0.3) is 11.0 Å². The highest BCUT2D eigenvalue weighted by molar-refractivity contribution is 7.91. The second kappa shape index (κ2) is 20.2. The van der Waals surface area contributed by atoms with Crippen molar-refractivity contribution in [2.45, 2.75) is 167 Å². The number of methoxy groups -OCH3 is 1. The number of rotatable bonds is 9. The minimum absolute atomic E-state index is 0. The molecule has 2 aromatic rings. The van der Waals surface area contributed by atoms with Gasteiger partial charge < -0.3 is 29.7 Å². The fourth-order valence-electron chi connectivity index (χ4n) is 7.82. The predicted molar refractivity (Wildman–Crippen MR) is 242 cm³/mol. The van der Waals surface area contributed by atoms with Crippen LogP contribution in [0, 0.1) is 17.8 Å². The lowest BCUT2D eigenvalue weighted by Gasteiger charge is -2.34. The van der Waals surface area contributed by atoms with Crippen molar-refractivity contribution in [1.29, 1.82) is 0 Å². The molecule has 3 fully saturated rings. The SMILES string of the molecule is CC.CC.COc1ccc2nc(C(C)C)c(O[C@@H]3C[C@H]4C(=O)N[C@]5(C(=O)NS(=O)(=O)C6(C)CC6)C[C@H]5/C=C\CC[C@@H](C)C[C@@H](C)[C@H](NC(=O)OC(C)(C)C(F)(F)F)C(=O)N4C3)nc2c1.[HH].[HH].[HH]. The molecule has 0 bridgehead atoms. The summed E-state index contributed by atoms with van der Waals surface area (Å²) < 4.78 is 85.5. The van der Waals surface area contributed by atoms with Crippen molar-refractivity contribution in [2.75, 3.05) is 13.7 Å². The smallest absolute Gasteiger partial charge is 0.427 e. The Balaban J connectivity index is 0.00000312. The van der Waals surface area contributed by atoms with E-state index >= 15 is 0 Å². The molecule has 0 spiro atoms. The van der Waals surface area contributed by atoms with Crippen molar-refractivity contribution in [2.24, 2.45) is 17.8 Å². The summed E-state index contributed by atoms with van der Waals surface area (Å²) in [6.07, 6.45) is -1.44. The van der Waals surface area contributed by atoms with Gasteiger partial charge in [0.2, 0.25) is 33.3 Å². The number of carbonyl (C=O) groups excluding carboxylic acids is 4. The van der Waals surface area contributed by atoms with Crippen LogP contribution in [0.4, 0.5) is 18.0 Å². The molecule has 64 heavy (non-hydrogen) atoms. The molecule has 3 N–H and O–H groups in total. The first kappa shape index (κ1) is 51.9. The van der Waals surface area contributed by atoms with E-state index in [0.29, 0.717) is 68.4 Å². The van der Waals surface area contributed by atoms with Gasteiger partial charge in [0.25, 0.3) is 5.91 Å². The highest BCUT2D eigenvalue weighted by atomic mass is 32.2. The van der Waals surface area contributed by atoms with E-state index in [0.717, 1.165) is 0 Å². The number of benzene rings is 1. The zero-order chi connectivity index (χ0) is 48.2.